The maximum Gasteiger partial charge on any atom is 0.416 e. The fourth-order valence-electron chi connectivity index (χ4n) is 5.86. The van der Waals surface area contributed by atoms with Crippen molar-refractivity contribution in [2.45, 2.75) is 70.1 Å². The largest absolute Gasteiger partial charge is 0.496 e. The molecule has 8 nitrogen and oxygen atoms in total. The molecule has 2 atom stereocenters. The third-order valence-electron chi connectivity index (χ3n) is 8.65. The van der Waals surface area contributed by atoms with Crippen LogP contribution in [-0.2, 0) is 33.8 Å². The Bertz CT molecular complexity index is 1650. The molecular weight excluding hydrogens is 632 g/mol. The number of hydrogen-bond acceptors (Lipinski definition) is 6. The molecule has 0 radical (unpaired) electrons. The van der Waals surface area contributed by atoms with Crippen LogP contribution in [-0.4, -0.2) is 53.3 Å². The van der Waals surface area contributed by atoms with Crippen LogP contribution in [0, 0.1) is 0 Å². The van der Waals surface area contributed by atoms with Gasteiger partial charge in [-0.3, -0.25) is 9.69 Å². The van der Waals surface area contributed by atoms with Crippen LogP contribution in [0.2, 0.25) is 0 Å². The number of hydrogen-bond donors (Lipinski definition) is 1. The molecule has 3 aromatic rings. The van der Waals surface area contributed by atoms with Crippen LogP contribution in [0.4, 0.5) is 37.0 Å². The smallest absolute Gasteiger partial charge is 0.416 e. The van der Waals surface area contributed by atoms with Crippen LogP contribution in [0.1, 0.15) is 67.7 Å². The first-order valence-corrected chi connectivity index (χ1v) is 14.8. The number of aromatic nitrogens is 1. The molecule has 2 aliphatic rings. The van der Waals surface area contributed by atoms with E-state index in [1.807, 2.05) is 11.0 Å². The van der Waals surface area contributed by atoms with Gasteiger partial charge >= 0.3 is 24.4 Å². The second kappa shape index (κ2) is 12.3. The number of carbonyl (C=O) groups excluding carboxylic acids is 1. The molecule has 0 spiro atoms. The fraction of sp³-hybridized carbons (Fsp3) is 0.424. The molecule has 2 fully saturated rings. The molecule has 47 heavy (non-hydrogen) atoms. The maximum absolute atomic E-state index is 13.6. The summed E-state index contributed by atoms with van der Waals surface area (Å²) in [4.78, 5) is 32.9. The standard InChI is InChI=1S/C33H33F6N3O5/c1-18-29(19-12-21(32(34,35)36)14-22(13-19)33(37,38)39)47-30(45)42(18)17-25-23(7-9-27(40-25)41-10-5-11-41)24-15-20(6-8-26(24)46-4)31(2,3)16-28(43)44/h6-9,12-15,18,29H,5,10-11,16-17H2,1-4H3,(H,43,44)/t18-,29-/m0/s1. The van der Waals surface area contributed by atoms with Gasteiger partial charge < -0.3 is 19.5 Å². The summed E-state index contributed by atoms with van der Waals surface area (Å²) in [6, 6.07) is 9.05. The van der Waals surface area contributed by atoms with Crippen molar-refractivity contribution < 1.29 is 50.5 Å². The molecule has 14 heteroatoms. The molecule has 2 saturated heterocycles. The summed E-state index contributed by atoms with van der Waals surface area (Å²) < 4.78 is 92.6. The average Bonchev–Trinajstić information content (AvgIpc) is 3.23. The topological polar surface area (TPSA) is 92.2 Å². The number of cyclic esters (lactones) is 1. The van der Waals surface area contributed by atoms with Crippen LogP contribution in [0.15, 0.2) is 48.5 Å². The molecule has 2 aromatic carbocycles. The third-order valence-corrected chi connectivity index (χ3v) is 8.65. The molecular formula is C33H33F6N3O5. The lowest BCUT2D eigenvalue weighted by Gasteiger charge is -2.33. The number of anilines is 1. The van der Waals surface area contributed by atoms with Crippen molar-refractivity contribution in [1.29, 1.82) is 0 Å². The minimum absolute atomic E-state index is 0.0272. The SMILES string of the molecule is COc1ccc(C(C)(C)CC(=O)O)cc1-c1ccc(N2CCC2)nc1CN1C(=O)O[C@H](c2cc(C(F)(F)F)cc(C(F)(F)F)c2)[C@@H]1C. The minimum atomic E-state index is -5.07. The lowest BCUT2D eigenvalue weighted by Crippen LogP contribution is -2.38. The molecule has 0 bridgehead atoms. The van der Waals surface area contributed by atoms with Crippen molar-refractivity contribution in [3.8, 4) is 16.9 Å². The number of pyridine rings is 1. The second-order valence-electron chi connectivity index (χ2n) is 12.4. The summed E-state index contributed by atoms with van der Waals surface area (Å²) in [6.07, 6.45) is -11.7. The summed E-state index contributed by atoms with van der Waals surface area (Å²) >= 11 is 0. The highest BCUT2D eigenvalue weighted by molar-refractivity contribution is 5.77. The van der Waals surface area contributed by atoms with E-state index in [9.17, 15) is 41.0 Å². The molecule has 1 N–H and O–H groups in total. The van der Waals surface area contributed by atoms with Gasteiger partial charge in [0.25, 0.3) is 0 Å². The Morgan fingerprint density at radius 1 is 0.957 bits per heavy atom. The Labute approximate surface area is 266 Å². The number of benzene rings is 2. The summed E-state index contributed by atoms with van der Waals surface area (Å²) in [7, 11) is 1.47. The first-order chi connectivity index (χ1) is 21.9. The van der Waals surface area contributed by atoms with Gasteiger partial charge in [0, 0.05) is 29.6 Å². The number of aliphatic carboxylic acids is 1. The summed E-state index contributed by atoms with van der Waals surface area (Å²) in [5, 5.41) is 9.48. The molecule has 0 unspecified atom stereocenters. The molecule has 0 aliphatic carbocycles. The quantitative estimate of drug-likeness (QED) is 0.233. The van der Waals surface area contributed by atoms with Crippen LogP contribution in [0.25, 0.3) is 11.1 Å². The second-order valence-corrected chi connectivity index (χ2v) is 12.4. The number of amides is 1. The van der Waals surface area contributed by atoms with Gasteiger partial charge in [-0.15, -0.1) is 0 Å². The van der Waals surface area contributed by atoms with E-state index in [0.29, 0.717) is 46.1 Å². The number of alkyl halides is 6. The monoisotopic (exact) mass is 665 g/mol. The van der Waals surface area contributed by atoms with Gasteiger partial charge in [-0.25, -0.2) is 9.78 Å². The fourth-order valence-corrected chi connectivity index (χ4v) is 5.86. The predicted octanol–water partition coefficient (Wildman–Crippen LogP) is 7.84. The van der Waals surface area contributed by atoms with Gasteiger partial charge in [0.15, 0.2) is 0 Å². The van der Waals surface area contributed by atoms with E-state index < -0.39 is 58.7 Å². The average molecular weight is 666 g/mol. The van der Waals surface area contributed by atoms with Gasteiger partial charge in [-0.2, -0.15) is 26.3 Å². The van der Waals surface area contributed by atoms with Crippen molar-refractivity contribution in [2.75, 3.05) is 25.1 Å². The van der Waals surface area contributed by atoms with Gasteiger partial charge in [0.1, 0.15) is 17.7 Å². The molecule has 5 rings (SSSR count). The van der Waals surface area contributed by atoms with Crippen molar-refractivity contribution in [3.63, 3.8) is 0 Å². The summed E-state index contributed by atoms with van der Waals surface area (Å²) in [5.41, 5.74) is -2.03. The number of nitrogens with zero attached hydrogens (tertiary/aromatic N) is 3. The van der Waals surface area contributed by atoms with Crippen LogP contribution in [0.5, 0.6) is 5.75 Å². The zero-order chi connectivity index (χ0) is 34.5. The highest BCUT2D eigenvalue weighted by Gasteiger charge is 2.44. The Balaban J connectivity index is 1.56. The van der Waals surface area contributed by atoms with E-state index in [1.54, 1.807) is 38.1 Å². The van der Waals surface area contributed by atoms with Gasteiger partial charge in [-0.1, -0.05) is 19.9 Å². The number of halogens is 6. The van der Waals surface area contributed by atoms with Gasteiger partial charge in [-0.05, 0) is 66.9 Å². The van der Waals surface area contributed by atoms with Crippen molar-refractivity contribution >= 4 is 17.9 Å². The van der Waals surface area contributed by atoms with Crippen molar-refractivity contribution in [2.24, 2.45) is 0 Å². The number of methoxy groups -OCH3 is 1. The summed E-state index contributed by atoms with van der Waals surface area (Å²) in [6.45, 7) is 6.39. The van der Waals surface area contributed by atoms with Crippen LogP contribution in [0.3, 0.4) is 0 Å². The Morgan fingerprint density at radius 2 is 1.60 bits per heavy atom. The zero-order valence-electron chi connectivity index (χ0n) is 26.0. The highest BCUT2D eigenvalue weighted by atomic mass is 19.4. The summed E-state index contributed by atoms with van der Waals surface area (Å²) in [5.74, 6) is 0.0897. The molecule has 252 valence electrons. The van der Waals surface area contributed by atoms with Gasteiger partial charge in [0.2, 0.25) is 0 Å². The molecule has 2 aliphatic heterocycles. The number of carbonyl (C=O) groups is 2. The molecule has 1 amide bonds. The number of carboxylic acids is 1. The van der Waals surface area contributed by atoms with Crippen LogP contribution < -0.4 is 9.64 Å². The van der Waals surface area contributed by atoms with E-state index in [2.05, 4.69) is 0 Å². The van der Waals surface area contributed by atoms with Crippen molar-refractivity contribution in [3.05, 3.63) is 76.5 Å². The normalized spacial score (nSPS) is 18.6. The van der Waals surface area contributed by atoms with Gasteiger partial charge in [0.05, 0.1) is 42.9 Å². The maximum atomic E-state index is 13.6. The molecule has 0 saturated carbocycles. The Kier molecular flexibility index (Phi) is 8.84. The molecule has 3 heterocycles. The molecule has 1 aromatic heterocycles. The number of rotatable bonds is 9. The minimum Gasteiger partial charge on any atom is -0.496 e. The lowest BCUT2D eigenvalue weighted by atomic mass is 9.80. The van der Waals surface area contributed by atoms with Crippen molar-refractivity contribution in [1.82, 2.24) is 9.88 Å². The van der Waals surface area contributed by atoms with E-state index in [1.165, 1.54) is 18.9 Å². The lowest BCUT2D eigenvalue weighted by molar-refractivity contribution is -0.143. The van der Waals surface area contributed by atoms with Crippen LogP contribution >= 0.6 is 0 Å². The Morgan fingerprint density at radius 3 is 2.13 bits per heavy atom. The van der Waals surface area contributed by atoms with E-state index >= 15 is 0 Å². The Hall–Kier alpha value is -4.49. The number of carboxylic acid groups (broad SMARTS) is 1. The first-order valence-electron chi connectivity index (χ1n) is 14.8. The number of ether oxygens (including phenoxy) is 2. The highest BCUT2D eigenvalue weighted by Crippen LogP contribution is 2.43. The zero-order valence-corrected chi connectivity index (χ0v) is 26.0. The van der Waals surface area contributed by atoms with E-state index in [-0.39, 0.29) is 19.0 Å². The van der Waals surface area contributed by atoms with E-state index in [4.69, 9.17) is 14.5 Å². The third kappa shape index (κ3) is 6.96. The predicted molar refractivity (Wildman–Crippen MR) is 159 cm³/mol. The first kappa shape index (κ1) is 33.9. The van der Waals surface area contributed by atoms with E-state index in [0.717, 1.165) is 19.5 Å².